The molecule has 1 fully saturated rings. The van der Waals surface area contributed by atoms with Gasteiger partial charge in [-0.25, -0.2) is 14.4 Å². The fourth-order valence-corrected chi connectivity index (χ4v) is 3.90. The molecule has 1 aliphatic rings. The van der Waals surface area contributed by atoms with Gasteiger partial charge in [-0.2, -0.15) is 10.2 Å². The summed E-state index contributed by atoms with van der Waals surface area (Å²) in [6, 6.07) is 7.99. The largest absolute Gasteiger partial charge is 0.393 e. The monoisotopic (exact) mass is 407 g/mol. The predicted molar refractivity (Wildman–Crippen MR) is 112 cm³/mol. The second kappa shape index (κ2) is 7.17. The minimum Gasteiger partial charge on any atom is -0.393 e. The molecule has 1 aliphatic heterocycles. The lowest BCUT2D eigenvalue weighted by Gasteiger charge is -2.35. The van der Waals surface area contributed by atoms with Gasteiger partial charge in [-0.15, -0.1) is 0 Å². The molecule has 1 saturated heterocycles. The molecule has 30 heavy (non-hydrogen) atoms. The number of nitrogens with zero attached hydrogens (tertiary/aromatic N) is 6. The maximum absolute atomic E-state index is 14.3. The summed E-state index contributed by atoms with van der Waals surface area (Å²) < 4.78 is 16.1. The molecule has 154 valence electrons. The van der Waals surface area contributed by atoms with E-state index in [1.807, 2.05) is 42.5 Å². The average Bonchev–Trinajstić information content (AvgIpc) is 3.40. The first kappa shape index (κ1) is 18.7. The third kappa shape index (κ3) is 3.30. The van der Waals surface area contributed by atoms with Crippen molar-refractivity contribution in [1.29, 1.82) is 0 Å². The number of aryl methyl sites for hydroxylation is 1. The fourth-order valence-electron chi connectivity index (χ4n) is 3.90. The molecular weight excluding hydrogens is 385 g/mol. The molecule has 4 aromatic rings. The van der Waals surface area contributed by atoms with Crippen LogP contribution in [0.2, 0.25) is 0 Å². The number of hydrogen-bond acceptors (Lipinski definition) is 6. The lowest BCUT2D eigenvalue weighted by atomic mass is 9.94. The number of halogens is 1. The molecule has 4 heterocycles. The van der Waals surface area contributed by atoms with E-state index >= 15 is 0 Å². The van der Waals surface area contributed by atoms with E-state index in [1.54, 1.807) is 4.68 Å². The Morgan fingerprint density at radius 3 is 2.73 bits per heavy atom. The summed E-state index contributed by atoms with van der Waals surface area (Å²) >= 11 is 0. The summed E-state index contributed by atoms with van der Waals surface area (Å²) in [4.78, 5) is 10.8. The van der Waals surface area contributed by atoms with Crippen molar-refractivity contribution in [3.05, 3.63) is 43.0 Å². The standard InChI is InChI=1S/C21H22FN7O/c1-28-11-15(10-25-28)14-2-3-17-16(8-14)20(27-26-17)18-9-19(24-13-23-18)29-6-4-21(22,12-30)5-7-29/h2-3,8-11,13,30H,4-7,12H2,1H3,(H,26,27). The molecule has 3 aromatic heterocycles. The lowest BCUT2D eigenvalue weighted by Crippen LogP contribution is -2.44. The number of anilines is 1. The van der Waals surface area contributed by atoms with Crippen molar-refractivity contribution in [1.82, 2.24) is 29.9 Å². The van der Waals surface area contributed by atoms with Gasteiger partial charge < -0.3 is 10.0 Å². The molecule has 0 radical (unpaired) electrons. The maximum Gasteiger partial charge on any atom is 0.137 e. The lowest BCUT2D eigenvalue weighted by molar-refractivity contribution is 0.0480. The number of nitrogens with one attached hydrogen (secondary N) is 1. The molecule has 0 spiro atoms. The zero-order valence-corrected chi connectivity index (χ0v) is 16.6. The van der Waals surface area contributed by atoms with E-state index in [2.05, 4.69) is 31.3 Å². The maximum atomic E-state index is 14.3. The minimum absolute atomic E-state index is 0.280. The second-order valence-electron chi connectivity index (χ2n) is 7.79. The van der Waals surface area contributed by atoms with Crippen LogP contribution in [0.15, 0.2) is 43.0 Å². The van der Waals surface area contributed by atoms with Crippen LogP contribution < -0.4 is 4.90 Å². The number of piperidine rings is 1. The van der Waals surface area contributed by atoms with Crippen LogP contribution in [0.3, 0.4) is 0 Å². The number of aromatic amines is 1. The Balaban J connectivity index is 1.48. The smallest absolute Gasteiger partial charge is 0.137 e. The van der Waals surface area contributed by atoms with Crippen LogP contribution in [0.1, 0.15) is 12.8 Å². The number of hydrogen-bond donors (Lipinski definition) is 2. The second-order valence-corrected chi connectivity index (χ2v) is 7.79. The van der Waals surface area contributed by atoms with Gasteiger partial charge >= 0.3 is 0 Å². The predicted octanol–water partition coefficient (Wildman–Crippen LogP) is 2.72. The molecule has 9 heteroatoms. The van der Waals surface area contributed by atoms with Crippen LogP contribution in [0, 0.1) is 0 Å². The number of H-pyrrole nitrogens is 1. The van der Waals surface area contributed by atoms with E-state index in [4.69, 9.17) is 0 Å². The van der Waals surface area contributed by atoms with Crippen molar-refractivity contribution < 1.29 is 9.50 Å². The molecule has 0 bridgehead atoms. The van der Waals surface area contributed by atoms with Crippen molar-refractivity contribution in [3.63, 3.8) is 0 Å². The molecule has 2 N–H and O–H groups in total. The highest BCUT2D eigenvalue weighted by atomic mass is 19.1. The van der Waals surface area contributed by atoms with E-state index in [9.17, 15) is 9.50 Å². The van der Waals surface area contributed by atoms with Crippen molar-refractivity contribution in [2.75, 3.05) is 24.6 Å². The first-order valence-electron chi connectivity index (χ1n) is 9.89. The quantitative estimate of drug-likeness (QED) is 0.540. The van der Waals surface area contributed by atoms with Crippen LogP contribution >= 0.6 is 0 Å². The molecule has 8 nitrogen and oxygen atoms in total. The Morgan fingerprint density at radius 1 is 1.17 bits per heavy atom. The highest BCUT2D eigenvalue weighted by molar-refractivity contribution is 5.95. The van der Waals surface area contributed by atoms with Crippen molar-refractivity contribution in [2.24, 2.45) is 7.05 Å². The topological polar surface area (TPSA) is 95.8 Å². The van der Waals surface area contributed by atoms with E-state index in [0.717, 1.165) is 33.5 Å². The Labute approximate surface area is 172 Å². The summed E-state index contributed by atoms with van der Waals surface area (Å²) in [5.41, 5.74) is 2.95. The van der Waals surface area contributed by atoms with Gasteiger partial charge in [0.05, 0.1) is 24.0 Å². The number of aliphatic hydroxyl groups excluding tert-OH is 1. The number of aromatic nitrogens is 6. The van der Waals surface area contributed by atoms with E-state index in [1.165, 1.54) is 6.33 Å². The molecule has 1 aromatic carbocycles. The third-order valence-electron chi connectivity index (χ3n) is 5.76. The summed E-state index contributed by atoms with van der Waals surface area (Å²) in [5.74, 6) is 0.736. The van der Waals surface area contributed by atoms with Crippen molar-refractivity contribution in [3.8, 4) is 22.5 Å². The van der Waals surface area contributed by atoms with E-state index < -0.39 is 12.3 Å². The first-order chi connectivity index (χ1) is 14.5. The Kier molecular flexibility index (Phi) is 4.47. The third-order valence-corrected chi connectivity index (χ3v) is 5.76. The molecule has 0 unspecified atom stereocenters. The first-order valence-corrected chi connectivity index (χ1v) is 9.89. The van der Waals surface area contributed by atoms with Gasteiger partial charge in [0, 0.05) is 56.2 Å². The minimum atomic E-state index is -1.49. The van der Waals surface area contributed by atoms with Gasteiger partial charge in [-0.1, -0.05) is 6.07 Å². The van der Waals surface area contributed by atoms with Gasteiger partial charge in [0.25, 0.3) is 0 Å². The fraction of sp³-hybridized carbons (Fsp3) is 0.333. The number of fused-ring (bicyclic) bond motifs is 1. The molecular formula is C21H22FN7O. The molecule has 0 atom stereocenters. The highest BCUT2D eigenvalue weighted by Crippen LogP contribution is 2.32. The molecule has 0 amide bonds. The van der Waals surface area contributed by atoms with Gasteiger partial charge in [-0.3, -0.25) is 9.78 Å². The Morgan fingerprint density at radius 2 is 2.00 bits per heavy atom. The van der Waals surface area contributed by atoms with Crippen LogP contribution in [-0.4, -0.2) is 60.4 Å². The van der Waals surface area contributed by atoms with Gasteiger partial charge in [-0.05, 0) is 17.7 Å². The van der Waals surface area contributed by atoms with Crippen LogP contribution in [0.5, 0.6) is 0 Å². The summed E-state index contributed by atoms with van der Waals surface area (Å²) in [5, 5.41) is 22.0. The van der Waals surface area contributed by atoms with Gasteiger partial charge in [0.2, 0.25) is 0 Å². The van der Waals surface area contributed by atoms with Crippen molar-refractivity contribution in [2.45, 2.75) is 18.5 Å². The Hall–Kier alpha value is -3.33. The SMILES string of the molecule is Cn1cc(-c2ccc3[nH]nc(-c4cc(N5CCC(F)(CO)CC5)ncn4)c3c2)cn1. The summed E-state index contributed by atoms with van der Waals surface area (Å²) in [7, 11) is 1.89. The summed E-state index contributed by atoms with van der Waals surface area (Å²) in [6.45, 7) is 0.564. The number of benzene rings is 1. The Bertz CT molecular complexity index is 1190. The molecule has 0 saturated carbocycles. The number of alkyl halides is 1. The van der Waals surface area contributed by atoms with E-state index in [-0.39, 0.29) is 12.8 Å². The molecule has 0 aliphatic carbocycles. The number of rotatable bonds is 4. The van der Waals surface area contributed by atoms with Crippen LogP contribution in [-0.2, 0) is 7.05 Å². The van der Waals surface area contributed by atoms with Crippen LogP contribution in [0.25, 0.3) is 33.4 Å². The zero-order valence-electron chi connectivity index (χ0n) is 16.6. The van der Waals surface area contributed by atoms with Crippen molar-refractivity contribution >= 4 is 16.7 Å². The molecule has 5 rings (SSSR count). The van der Waals surface area contributed by atoms with Gasteiger partial charge in [0.15, 0.2) is 0 Å². The zero-order chi connectivity index (χ0) is 20.7. The normalized spacial score (nSPS) is 16.3. The van der Waals surface area contributed by atoms with E-state index in [0.29, 0.717) is 18.8 Å². The highest BCUT2D eigenvalue weighted by Gasteiger charge is 2.34. The number of aliphatic hydroxyl groups is 1. The van der Waals surface area contributed by atoms with Gasteiger partial charge in [0.1, 0.15) is 23.5 Å². The summed E-state index contributed by atoms with van der Waals surface area (Å²) in [6.07, 6.45) is 5.87. The average molecular weight is 407 g/mol. The van der Waals surface area contributed by atoms with Crippen LogP contribution in [0.4, 0.5) is 10.2 Å².